The van der Waals surface area contributed by atoms with Crippen LogP contribution in [0.2, 0.25) is 0 Å². The zero-order valence-corrected chi connectivity index (χ0v) is 11.1. The van der Waals surface area contributed by atoms with Crippen molar-refractivity contribution in [3.8, 4) is 0 Å². The second-order valence-corrected chi connectivity index (χ2v) is 6.51. The molecule has 17 heavy (non-hydrogen) atoms. The highest BCUT2D eigenvalue weighted by Gasteiger charge is 2.18. The largest absolute Gasteiger partial charge is 0.256 e. The Labute approximate surface area is 104 Å². The van der Waals surface area contributed by atoms with Crippen LogP contribution in [0, 0.1) is 17.5 Å². The molecule has 0 aliphatic carbocycles. The van der Waals surface area contributed by atoms with Crippen molar-refractivity contribution >= 4 is 11.9 Å². The predicted molar refractivity (Wildman–Crippen MR) is 65.2 cm³/mol. The fraction of sp³-hybridized carbons (Fsp3) is 0.500. The van der Waals surface area contributed by atoms with Gasteiger partial charge in [-0.1, -0.05) is 11.9 Å². The minimum Gasteiger partial charge on any atom is -0.256 e. The molecule has 1 aromatic carbocycles. The Morgan fingerprint density at radius 1 is 1.06 bits per heavy atom. The van der Waals surface area contributed by atoms with Gasteiger partial charge in [-0.2, -0.15) is 0 Å². The Hall–Kier alpha value is -0.680. The van der Waals surface area contributed by atoms with E-state index in [1.165, 1.54) is 11.9 Å². The fourth-order valence-corrected chi connectivity index (χ4v) is 1.86. The lowest BCUT2D eigenvalue weighted by Gasteiger charge is -2.22. The summed E-state index contributed by atoms with van der Waals surface area (Å²) in [5.74, 6) is -2.93. The number of hydrogen-bond acceptors (Lipinski definition) is 2. The molecule has 5 heteroatoms. The maximum atomic E-state index is 13.4. The van der Waals surface area contributed by atoms with Crippen LogP contribution in [0.4, 0.5) is 13.2 Å². The van der Waals surface area contributed by atoms with Crippen LogP contribution < -0.4 is 4.72 Å². The molecule has 1 aromatic rings. The van der Waals surface area contributed by atoms with Crippen molar-refractivity contribution in [1.29, 1.82) is 0 Å². The molecule has 1 nitrogen and oxygen atoms in total. The van der Waals surface area contributed by atoms with Crippen molar-refractivity contribution in [2.24, 2.45) is 0 Å². The van der Waals surface area contributed by atoms with Crippen LogP contribution in [0.25, 0.3) is 0 Å². The smallest absolute Gasteiger partial charge is 0.161 e. The van der Waals surface area contributed by atoms with Crippen molar-refractivity contribution in [3.05, 3.63) is 35.1 Å². The van der Waals surface area contributed by atoms with Gasteiger partial charge in [0.15, 0.2) is 11.6 Å². The molecule has 0 aromatic heterocycles. The molecular weight excluding hydrogens is 247 g/mol. The number of nitrogens with one attached hydrogen (secondary N) is 1. The van der Waals surface area contributed by atoms with Gasteiger partial charge in [-0.3, -0.25) is 4.72 Å². The van der Waals surface area contributed by atoms with Gasteiger partial charge in [0.2, 0.25) is 0 Å². The first-order valence-electron chi connectivity index (χ1n) is 5.28. The van der Waals surface area contributed by atoms with E-state index < -0.39 is 23.5 Å². The third-order valence-electron chi connectivity index (χ3n) is 2.05. The van der Waals surface area contributed by atoms with E-state index in [9.17, 15) is 13.2 Å². The van der Waals surface area contributed by atoms with Gasteiger partial charge in [0.05, 0.1) is 0 Å². The van der Waals surface area contributed by atoms with Crippen molar-refractivity contribution in [2.45, 2.75) is 38.5 Å². The van der Waals surface area contributed by atoms with Gasteiger partial charge in [0.25, 0.3) is 0 Å². The Kier molecular flexibility index (Phi) is 4.49. The first kappa shape index (κ1) is 14.4. The molecule has 0 saturated carbocycles. The zero-order chi connectivity index (χ0) is 13.2. The maximum Gasteiger partial charge on any atom is 0.161 e. The molecule has 0 aliphatic rings. The molecule has 1 N–H and O–H groups in total. The van der Waals surface area contributed by atoms with Crippen LogP contribution in [-0.4, -0.2) is 4.75 Å². The first-order valence-corrected chi connectivity index (χ1v) is 6.10. The van der Waals surface area contributed by atoms with Crippen LogP contribution in [-0.2, 0) is 0 Å². The molecule has 0 aliphatic heterocycles. The summed E-state index contributed by atoms with van der Waals surface area (Å²) in [6, 6.07) is 1.07. The molecule has 1 atom stereocenters. The third-order valence-corrected chi connectivity index (χ3v) is 3.13. The zero-order valence-electron chi connectivity index (χ0n) is 10.3. The standard InChI is InChI=1S/C12H16F3NS/c1-7(16-17-12(2,3)4)8-5-10(14)11(15)6-9(8)13/h5-7,16H,1-4H3/t7-/m0/s1. The third kappa shape index (κ3) is 4.24. The average molecular weight is 263 g/mol. The normalized spacial score (nSPS) is 13.8. The quantitative estimate of drug-likeness (QED) is 0.648. The minimum absolute atomic E-state index is 0.0384. The average Bonchev–Trinajstić information content (AvgIpc) is 2.19. The lowest BCUT2D eigenvalue weighted by atomic mass is 10.1. The van der Waals surface area contributed by atoms with Gasteiger partial charge in [-0.05, 0) is 33.8 Å². The van der Waals surface area contributed by atoms with E-state index in [0.29, 0.717) is 6.07 Å². The summed E-state index contributed by atoms with van der Waals surface area (Å²) in [6.45, 7) is 7.70. The van der Waals surface area contributed by atoms with Gasteiger partial charge in [-0.15, -0.1) is 0 Å². The number of rotatable bonds is 3. The minimum atomic E-state index is -1.16. The predicted octanol–water partition coefficient (Wildman–Crippen LogP) is 4.20. The fourth-order valence-electron chi connectivity index (χ4n) is 1.20. The summed E-state index contributed by atoms with van der Waals surface area (Å²) >= 11 is 1.42. The van der Waals surface area contributed by atoms with Gasteiger partial charge in [-0.25, -0.2) is 13.2 Å². The summed E-state index contributed by atoms with van der Waals surface area (Å²) < 4.78 is 42.2. The van der Waals surface area contributed by atoms with Crippen LogP contribution in [0.5, 0.6) is 0 Å². The van der Waals surface area contributed by atoms with Crippen molar-refractivity contribution in [3.63, 3.8) is 0 Å². The monoisotopic (exact) mass is 263 g/mol. The topological polar surface area (TPSA) is 12.0 Å². The summed E-state index contributed by atoms with van der Waals surface area (Å²) in [4.78, 5) is 0. The Morgan fingerprint density at radius 2 is 1.59 bits per heavy atom. The molecular formula is C12H16F3NS. The van der Waals surface area contributed by atoms with E-state index in [2.05, 4.69) is 4.72 Å². The molecule has 0 saturated heterocycles. The summed E-state index contributed by atoms with van der Waals surface area (Å²) in [6.07, 6.45) is 0. The summed E-state index contributed by atoms with van der Waals surface area (Å²) in [7, 11) is 0. The van der Waals surface area contributed by atoms with Gasteiger partial charge >= 0.3 is 0 Å². The molecule has 0 unspecified atom stereocenters. The highest BCUT2D eigenvalue weighted by atomic mass is 32.2. The van der Waals surface area contributed by atoms with E-state index >= 15 is 0 Å². The molecule has 0 radical (unpaired) electrons. The van der Waals surface area contributed by atoms with E-state index in [1.807, 2.05) is 20.8 Å². The van der Waals surface area contributed by atoms with Crippen molar-refractivity contribution < 1.29 is 13.2 Å². The van der Waals surface area contributed by atoms with Gasteiger partial charge in [0, 0.05) is 22.4 Å². The Balaban J connectivity index is 2.82. The van der Waals surface area contributed by atoms with Crippen molar-refractivity contribution in [2.75, 3.05) is 0 Å². The lowest BCUT2D eigenvalue weighted by molar-refractivity contribution is 0.484. The summed E-state index contributed by atoms with van der Waals surface area (Å²) in [5, 5.41) is 0. The molecule has 0 fully saturated rings. The number of halogens is 3. The lowest BCUT2D eigenvalue weighted by Crippen LogP contribution is -2.20. The van der Waals surface area contributed by atoms with E-state index in [4.69, 9.17) is 0 Å². The van der Waals surface area contributed by atoms with E-state index in [0.717, 1.165) is 6.07 Å². The van der Waals surface area contributed by atoms with Gasteiger partial charge < -0.3 is 0 Å². The highest BCUT2D eigenvalue weighted by Crippen LogP contribution is 2.26. The Bertz CT molecular complexity index is 401. The molecule has 1 rings (SSSR count). The highest BCUT2D eigenvalue weighted by molar-refractivity contribution is 7.98. The summed E-state index contributed by atoms with van der Waals surface area (Å²) in [5.41, 5.74) is 0.126. The van der Waals surface area contributed by atoms with Crippen LogP contribution >= 0.6 is 11.9 Å². The SMILES string of the molecule is C[C@H](NSC(C)(C)C)c1cc(F)c(F)cc1F. The Morgan fingerprint density at radius 3 is 2.12 bits per heavy atom. The molecule has 0 spiro atoms. The van der Waals surface area contributed by atoms with E-state index in [1.54, 1.807) is 6.92 Å². The van der Waals surface area contributed by atoms with Crippen LogP contribution in [0.1, 0.15) is 39.3 Å². The van der Waals surface area contributed by atoms with Crippen molar-refractivity contribution in [1.82, 2.24) is 4.72 Å². The van der Waals surface area contributed by atoms with Crippen LogP contribution in [0.3, 0.4) is 0 Å². The second kappa shape index (κ2) is 5.31. The molecule has 96 valence electrons. The molecule has 0 bridgehead atoms. The number of benzene rings is 1. The maximum absolute atomic E-state index is 13.4. The molecule has 0 amide bonds. The first-order chi connectivity index (χ1) is 7.70. The van der Waals surface area contributed by atoms with Gasteiger partial charge in [0.1, 0.15) is 5.82 Å². The number of hydrogen-bond donors (Lipinski definition) is 1. The molecule has 0 heterocycles. The second-order valence-electron chi connectivity index (χ2n) is 4.84. The van der Waals surface area contributed by atoms with Crippen LogP contribution in [0.15, 0.2) is 12.1 Å². The van der Waals surface area contributed by atoms with E-state index in [-0.39, 0.29) is 10.3 Å².